The van der Waals surface area contributed by atoms with Crippen LogP contribution in [0.3, 0.4) is 0 Å². The van der Waals surface area contributed by atoms with Crippen LogP contribution >= 0.6 is 34.2 Å². The Balaban J connectivity index is 2.23. The van der Waals surface area contributed by atoms with Gasteiger partial charge in [0.25, 0.3) is 0 Å². The van der Waals surface area contributed by atoms with Crippen LogP contribution in [0.15, 0.2) is 42.6 Å². The number of fused-ring (bicyclic) bond motifs is 1. The molecule has 2 heterocycles. The minimum atomic E-state index is -0.286. The summed E-state index contributed by atoms with van der Waals surface area (Å²) in [4.78, 5) is 4.45. The average molecular weight is 373 g/mol. The Kier molecular flexibility index (Phi) is 2.99. The molecule has 2 nitrogen and oxygen atoms in total. The predicted octanol–water partition coefficient (Wildman–Crippen LogP) is 4.40. The van der Waals surface area contributed by atoms with E-state index in [1.165, 1.54) is 12.1 Å². The second-order valence-electron chi connectivity index (χ2n) is 3.83. The molecule has 3 aromatic rings. The molecule has 0 aliphatic rings. The molecule has 0 N–H and O–H groups in total. The van der Waals surface area contributed by atoms with Gasteiger partial charge in [0.05, 0.1) is 0 Å². The summed E-state index contributed by atoms with van der Waals surface area (Å²) in [5.74, 6) is -0.286. The van der Waals surface area contributed by atoms with Gasteiger partial charge in [-0.1, -0.05) is 23.7 Å². The third-order valence-electron chi connectivity index (χ3n) is 2.65. The second-order valence-corrected chi connectivity index (χ2v) is 5.29. The van der Waals surface area contributed by atoms with E-state index in [0.29, 0.717) is 10.7 Å². The van der Waals surface area contributed by atoms with Crippen molar-refractivity contribution in [3.05, 3.63) is 57.1 Å². The van der Waals surface area contributed by atoms with Crippen molar-refractivity contribution < 1.29 is 4.39 Å². The van der Waals surface area contributed by atoms with Crippen LogP contribution in [0, 0.1) is 9.52 Å². The Labute approximate surface area is 122 Å². The van der Waals surface area contributed by atoms with E-state index in [9.17, 15) is 4.39 Å². The van der Waals surface area contributed by atoms with Crippen LogP contribution in [0.2, 0.25) is 5.02 Å². The molecule has 0 spiro atoms. The molecule has 0 radical (unpaired) electrons. The maximum atomic E-state index is 13.2. The summed E-state index contributed by atoms with van der Waals surface area (Å²) in [5, 5.41) is 0.684. The van der Waals surface area contributed by atoms with Crippen molar-refractivity contribution in [3.63, 3.8) is 0 Å². The highest BCUT2D eigenvalue weighted by Gasteiger charge is 2.11. The van der Waals surface area contributed by atoms with Gasteiger partial charge in [0, 0.05) is 22.8 Å². The number of benzene rings is 1. The number of imidazole rings is 1. The van der Waals surface area contributed by atoms with E-state index in [2.05, 4.69) is 27.6 Å². The van der Waals surface area contributed by atoms with Crippen LogP contribution in [-0.4, -0.2) is 9.38 Å². The monoisotopic (exact) mass is 372 g/mol. The zero-order valence-corrected chi connectivity index (χ0v) is 12.0. The first-order chi connectivity index (χ1) is 8.65. The van der Waals surface area contributed by atoms with Crippen molar-refractivity contribution in [3.8, 4) is 11.3 Å². The fourth-order valence-corrected chi connectivity index (χ4v) is 2.75. The Morgan fingerprint density at radius 3 is 2.61 bits per heavy atom. The van der Waals surface area contributed by atoms with Crippen molar-refractivity contribution in [1.82, 2.24) is 9.38 Å². The largest absolute Gasteiger partial charge is 0.294 e. The minimum Gasteiger partial charge on any atom is -0.294 e. The standard InChI is InChI=1S/C13H7ClFIN2/c14-9-3-1-8(2-4-9)12-13(16)18-6-5-10(15)7-11(18)17-12/h1-7H. The van der Waals surface area contributed by atoms with Crippen molar-refractivity contribution in [1.29, 1.82) is 0 Å². The molecule has 0 unspecified atom stereocenters. The quantitative estimate of drug-likeness (QED) is 0.579. The van der Waals surface area contributed by atoms with Crippen LogP contribution in [0.25, 0.3) is 16.9 Å². The van der Waals surface area contributed by atoms with E-state index in [1.807, 2.05) is 28.7 Å². The van der Waals surface area contributed by atoms with Crippen molar-refractivity contribution >= 4 is 39.8 Å². The number of hydrogen-bond acceptors (Lipinski definition) is 1. The summed E-state index contributed by atoms with van der Waals surface area (Å²) < 4.78 is 16.0. The average Bonchev–Trinajstić information content (AvgIpc) is 2.67. The molecule has 2 aromatic heterocycles. The van der Waals surface area contributed by atoms with Crippen molar-refractivity contribution in [2.75, 3.05) is 0 Å². The van der Waals surface area contributed by atoms with Gasteiger partial charge in [-0.25, -0.2) is 9.37 Å². The first-order valence-corrected chi connectivity index (χ1v) is 6.70. The normalized spacial score (nSPS) is 11.1. The van der Waals surface area contributed by atoms with Gasteiger partial charge in [0.15, 0.2) is 0 Å². The molecular formula is C13H7ClFIN2. The number of halogens is 3. The number of aromatic nitrogens is 2. The molecule has 5 heteroatoms. The molecule has 0 aliphatic heterocycles. The van der Waals surface area contributed by atoms with Crippen molar-refractivity contribution in [2.45, 2.75) is 0 Å². The lowest BCUT2D eigenvalue weighted by molar-refractivity contribution is 0.626. The molecule has 0 atom stereocenters. The van der Waals surface area contributed by atoms with Gasteiger partial charge in [0.1, 0.15) is 20.9 Å². The molecule has 90 valence electrons. The van der Waals surface area contributed by atoms with Gasteiger partial charge >= 0.3 is 0 Å². The summed E-state index contributed by atoms with van der Waals surface area (Å²) in [6.45, 7) is 0. The molecule has 0 saturated heterocycles. The van der Waals surface area contributed by atoms with E-state index in [0.717, 1.165) is 15.0 Å². The van der Waals surface area contributed by atoms with E-state index < -0.39 is 0 Å². The summed E-state index contributed by atoms with van der Waals surface area (Å²) in [6, 6.07) is 10.3. The third kappa shape index (κ3) is 1.99. The zero-order valence-electron chi connectivity index (χ0n) is 9.07. The molecule has 3 rings (SSSR count). The SMILES string of the molecule is Fc1ccn2c(I)c(-c3ccc(Cl)cc3)nc2c1. The summed E-state index contributed by atoms with van der Waals surface area (Å²) in [7, 11) is 0. The lowest BCUT2D eigenvalue weighted by atomic mass is 10.2. The van der Waals surface area contributed by atoms with Crippen LogP contribution in [0.4, 0.5) is 4.39 Å². The smallest absolute Gasteiger partial charge is 0.141 e. The fraction of sp³-hybridized carbons (Fsp3) is 0. The number of pyridine rings is 1. The highest BCUT2D eigenvalue weighted by Crippen LogP contribution is 2.27. The Bertz CT molecular complexity index is 722. The molecule has 0 bridgehead atoms. The third-order valence-corrected chi connectivity index (χ3v) is 3.93. The van der Waals surface area contributed by atoms with Crippen LogP contribution in [0.1, 0.15) is 0 Å². The Morgan fingerprint density at radius 1 is 1.17 bits per heavy atom. The summed E-state index contributed by atoms with van der Waals surface area (Å²) in [5.41, 5.74) is 2.40. The number of hydrogen-bond donors (Lipinski definition) is 0. The van der Waals surface area contributed by atoms with Gasteiger partial charge in [-0.2, -0.15) is 0 Å². The molecule has 0 amide bonds. The number of nitrogens with zero attached hydrogens (tertiary/aromatic N) is 2. The van der Waals surface area contributed by atoms with E-state index in [-0.39, 0.29) is 5.82 Å². The topological polar surface area (TPSA) is 17.3 Å². The van der Waals surface area contributed by atoms with E-state index in [1.54, 1.807) is 6.20 Å². The first-order valence-electron chi connectivity index (χ1n) is 5.24. The molecule has 1 aromatic carbocycles. The van der Waals surface area contributed by atoms with Gasteiger partial charge in [0.2, 0.25) is 0 Å². The Morgan fingerprint density at radius 2 is 1.89 bits per heavy atom. The predicted molar refractivity (Wildman–Crippen MR) is 78.3 cm³/mol. The van der Waals surface area contributed by atoms with Crippen molar-refractivity contribution in [2.24, 2.45) is 0 Å². The molecule has 0 saturated carbocycles. The van der Waals surface area contributed by atoms with Gasteiger partial charge in [-0.15, -0.1) is 0 Å². The molecule has 18 heavy (non-hydrogen) atoms. The minimum absolute atomic E-state index is 0.286. The molecular weight excluding hydrogens is 366 g/mol. The summed E-state index contributed by atoms with van der Waals surface area (Å²) in [6.07, 6.45) is 1.68. The van der Waals surface area contributed by atoms with Gasteiger partial charge in [-0.05, 0) is 40.8 Å². The highest BCUT2D eigenvalue weighted by atomic mass is 127. The first kappa shape index (κ1) is 11.9. The second kappa shape index (κ2) is 4.51. The van der Waals surface area contributed by atoms with Crippen LogP contribution in [0.5, 0.6) is 0 Å². The van der Waals surface area contributed by atoms with Crippen LogP contribution in [-0.2, 0) is 0 Å². The summed E-state index contributed by atoms with van der Waals surface area (Å²) >= 11 is 8.06. The van der Waals surface area contributed by atoms with E-state index >= 15 is 0 Å². The lowest BCUT2D eigenvalue weighted by Crippen LogP contribution is -1.87. The Hall–Kier alpha value is -1.14. The maximum Gasteiger partial charge on any atom is 0.141 e. The van der Waals surface area contributed by atoms with Gasteiger partial charge in [-0.3, -0.25) is 4.40 Å². The fourth-order valence-electron chi connectivity index (χ4n) is 1.78. The van der Waals surface area contributed by atoms with Crippen LogP contribution < -0.4 is 0 Å². The van der Waals surface area contributed by atoms with E-state index in [4.69, 9.17) is 11.6 Å². The molecule has 0 aliphatic carbocycles. The maximum absolute atomic E-state index is 13.2. The number of rotatable bonds is 1. The zero-order chi connectivity index (χ0) is 12.7. The van der Waals surface area contributed by atoms with Gasteiger partial charge < -0.3 is 0 Å². The molecule has 0 fully saturated rings. The highest BCUT2D eigenvalue weighted by molar-refractivity contribution is 14.1. The lowest BCUT2D eigenvalue weighted by Gasteiger charge is -1.98.